The van der Waals surface area contributed by atoms with E-state index >= 15 is 0 Å². The van der Waals surface area contributed by atoms with Crippen molar-refractivity contribution >= 4 is 23.7 Å². The number of fused-ring (bicyclic) bond motifs is 1. The molecule has 0 aromatic heterocycles. The highest BCUT2D eigenvalue weighted by Gasteiger charge is 2.44. The third-order valence-corrected chi connectivity index (χ3v) is 4.17. The average molecular weight is 330 g/mol. The molecule has 0 fully saturated rings. The molecule has 1 heterocycles. The summed E-state index contributed by atoms with van der Waals surface area (Å²) in [7, 11) is 1.33. The number of halogens is 1. The molecule has 0 bridgehead atoms. The standard InChI is InChI=1S/C15H20ClNO5/c1-9-4-5-10-11(13(18)20-2)8-21-14(12(9)10)22-15(19)17-7-3-6-16/h4,8,10,12,14H,3,5-7H2,1-2H3,(H,17,19). The first-order valence-corrected chi connectivity index (χ1v) is 7.73. The zero-order valence-corrected chi connectivity index (χ0v) is 13.4. The van der Waals surface area contributed by atoms with E-state index in [1.165, 1.54) is 13.4 Å². The minimum Gasteiger partial charge on any atom is -0.466 e. The van der Waals surface area contributed by atoms with E-state index in [0.29, 0.717) is 30.8 Å². The van der Waals surface area contributed by atoms with Gasteiger partial charge in [0.05, 0.1) is 24.9 Å². The monoisotopic (exact) mass is 329 g/mol. The normalized spacial score (nSPS) is 26.2. The van der Waals surface area contributed by atoms with E-state index < -0.39 is 18.4 Å². The predicted octanol–water partition coefficient (Wildman–Crippen LogP) is 2.34. The van der Waals surface area contributed by atoms with E-state index in [9.17, 15) is 9.59 Å². The molecule has 7 heteroatoms. The van der Waals surface area contributed by atoms with Crippen LogP contribution in [0, 0.1) is 11.8 Å². The molecule has 0 radical (unpaired) electrons. The van der Waals surface area contributed by atoms with Crippen LogP contribution in [0.2, 0.25) is 0 Å². The second-order valence-corrected chi connectivity index (χ2v) is 5.64. The summed E-state index contributed by atoms with van der Waals surface area (Å²) in [4.78, 5) is 23.6. The molecule has 3 atom stereocenters. The van der Waals surface area contributed by atoms with Gasteiger partial charge >= 0.3 is 12.1 Å². The molecule has 2 rings (SSSR count). The number of alkyl halides is 1. The molecule has 1 aliphatic heterocycles. The third kappa shape index (κ3) is 3.55. The van der Waals surface area contributed by atoms with Crippen molar-refractivity contribution in [1.82, 2.24) is 5.32 Å². The summed E-state index contributed by atoms with van der Waals surface area (Å²) in [6.07, 6.45) is 3.45. The molecular formula is C15H20ClNO5. The molecular weight excluding hydrogens is 310 g/mol. The topological polar surface area (TPSA) is 73.9 Å². The Hall–Kier alpha value is -1.69. The van der Waals surface area contributed by atoms with Crippen LogP contribution in [-0.4, -0.2) is 37.9 Å². The Morgan fingerprint density at radius 3 is 2.95 bits per heavy atom. The number of carbonyl (C=O) groups excluding carboxylic acids is 2. The van der Waals surface area contributed by atoms with Crippen molar-refractivity contribution in [3.8, 4) is 0 Å². The zero-order valence-electron chi connectivity index (χ0n) is 12.6. The maximum absolute atomic E-state index is 11.8. The van der Waals surface area contributed by atoms with E-state index in [4.69, 9.17) is 25.8 Å². The average Bonchev–Trinajstić information content (AvgIpc) is 2.90. The van der Waals surface area contributed by atoms with Gasteiger partial charge in [0.15, 0.2) is 0 Å². The Kier molecular flexibility index (Phi) is 5.71. The van der Waals surface area contributed by atoms with Crippen LogP contribution in [0.4, 0.5) is 4.79 Å². The number of nitrogens with one attached hydrogen (secondary N) is 1. The quantitative estimate of drug-likeness (QED) is 0.363. The molecule has 122 valence electrons. The maximum atomic E-state index is 11.8. The van der Waals surface area contributed by atoms with Gasteiger partial charge in [-0.15, -0.1) is 11.6 Å². The van der Waals surface area contributed by atoms with Gasteiger partial charge in [0.1, 0.15) is 0 Å². The predicted molar refractivity (Wildman–Crippen MR) is 80.1 cm³/mol. The Morgan fingerprint density at radius 1 is 1.50 bits per heavy atom. The Morgan fingerprint density at radius 2 is 2.27 bits per heavy atom. The number of esters is 1. The molecule has 22 heavy (non-hydrogen) atoms. The molecule has 2 aliphatic rings. The van der Waals surface area contributed by atoms with E-state index in [1.807, 2.05) is 13.0 Å². The van der Waals surface area contributed by atoms with Gasteiger partial charge in [-0.05, 0) is 19.8 Å². The van der Waals surface area contributed by atoms with E-state index in [0.717, 1.165) is 5.57 Å². The van der Waals surface area contributed by atoms with Crippen LogP contribution < -0.4 is 5.32 Å². The fourth-order valence-corrected chi connectivity index (χ4v) is 2.91. The highest BCUT2D eigenvalue weighted by molar-refractivity contribution is 6.17. The van der Waals surface area contributed by atoms with Crippen molar-refractivity contribution in [2.75, 3.05) is 19.5 Å². The number of hydrogen-bond donors (Lipinski definition) is 1. The van der Waals surface area contributed by atoms with Gasteiger partial charge in [0, 0.05) is 18.3 Å². The number of ether oxygens (including phenoxy) is 3. The van der Waals surface area contributed by atoms with E-state index in [-0.39, 0.29) is 11.8 Å². The van der Waals surface area contributed by atoms with Gasteiger partial charge < -0.3 is 19.5 Å². The number of rotatable bonds is 5. The summed E-state index contributed by atoms with van der Waals surface area (Å²) in [6, 6.07) is 0. The first-order valence-electron chi connectivity index (χ1n) is 7.19. The summed E-state index contributed by atoms with van der Waals surface area (Å²) in [5.74, 6) is -0.194. The summed E-state index contributed by atoms with van der Waals surface area (Å²) in [6.45, 7) is 2.39. The first kappa shape index (κ1) is 16.7. The number of allylic oxidation sites excluding steroid dienone is 1. The second-order valence-electron chi connectivity index (χ2n) is 5.26. The molecule has 0 spiro atoms. The molecule has 1 N–H and O–H groups in total. The lowest BCUT2D eigenvalue weighted by Gasteiger charge is -2.33. The zero-order chi connectivity index (χ0) is 16.1. The molecule has 0 aromatic rings. The van der Waals surface area contributed by atoms with E-state index in [2.05, 4.69) is 5.32 Å². The van der Waals surface area contributed by atoms with Crippen molar-refractivity contribution in [3.63, 3.8) is 0 Å². The molecule has 0 saturated heterocycles. The lowest BCUT2D eigenvalue weighted by Crippen LogP contribution is -2.40. The minimum atomic E-state index is -0.742. The summed E-state index contributed by atoms with van der Waals surface area (Å²) in [5, 5.41) is 2.61. The fraction of sp³-hybridized carbons (Fsp3) is 0.600. The van der Waals surface area contributed by atoms with Gasteiger partial charge in [-0.2, -0.15) is 0 Å². The van der Waals surface area contributed by atoms with Crippen LogP contribution in [0.25, 0.3) is 0 Å². The SMILES string of the molecule is COC(=O)C1=COC(OC(=O)NCCCCl)C2C(C)=CCC12. The van der Waals surface area contributed by atoms with Crippen molar-refractivity contribution in [1.29, 1.82) is 0 Å². The van der Waals surface area contributed by atoms with Crippen LogP contribution >= 0.6 is 11.6 Å². The Balaban J connectivity index is 2.03. The fourth-order valence-electron chi connectivity index (χ4n) is 2.77. The minimum absolute atomic E-state index is 0.0816. The van der Waals surface area contributed by atoms with Crippen molar-refractivity contribution in [3.05, 3.63) is 23.5 Å². The van der Waals surface area contributed by atoms with Crippen LogP contribution in [0.5, 0.6) is 0 Å². The molecule has 3 unspecified atom stereocenters. The summed E-state index contributed by atoms with van der Waals surface area (Å²) < 4.78 is 15.6. The second kappa shape index (κ2) is 7.54. The van der Waals surface area contributed by atoms with Gasteiger partial charge in [0.25, 0.3) is 6.29 Å². The molecule has 0 aromatic carbocycles. The van der Waals surface area contributed by atoms with Crippen LogP contribution in [0.3, 0.4) is 0 Å². The Labute approximate surface area is 134 Å². The lowest BCUT2D eigenvalue weighted by atomic mass is 9.84. The van der Waals surface area contributed by atoms with Crippen molar-refractivity contribution in [2.45, 2.75) is 26.1 Å². The molecule has 0 saturated carbocycles. The van der Waals surface area contributed by atoms with Crippen LogP contribution in [-0.2, 0) is 19.0 Å². The summed E-state index contributed by atoms with van der Waals surface area (Å²) in [5.41, 5.74) is 1.51. The maximum Gasteiger partial charge on any atom is 0.410 e. The highest BCUT2D eigenvalue weighted by Crippen LogP contribution is 2.43. The number of methoxy groups -OCH3 is 1. The largest absolute Gasteiger partial charge is 0.466 e. The lowest BCUT2D eigenvalue weighted by molar-refractivity contribution is -0.141. The van der Waals surface area contributed by atoms with Gasteiger partial charge in [-0.3, -0.25) is 0 Å². The number of alkyl carbamates (subject to hydrolysis) is 1. The number of carbonyl (C=O) groups is 2. The van der Waals surface area contributed by atoms with Crippen LogP contribution in [0.1, 0.15) is 19.8 Å². The number of amides is 1. The smallest absolute Gasteiger partial charge is 0.410 e. The molecule has 1 amide bonds. The summed E-state index contributed by atoms with van der Waals surface area (Å²) >= 11 is 5.55. The van der Waals surface area contributed by atoms with Gasteiger partial charge in [-0.1, -0.05) is 11.6 Å². The van der Waals surface area contributed by atoms with Gasteiger partial charge in [0.2, 0.25) is 0 Å². The van der Waals surface area contributed by atoms with E-state index in [1.54, 1.807) is 0 Å². The third-order valence-electron chi connectivity index (χ3n) is 3.90. The van der Waals surface area contributed by atoms with Crippen molar-refractivity contribution < 1.29 is 23.8 Å². The number of hydrogen-bond acceptors (Lipinski definition) is 5. The molecule has 6 nitrogen and oxygen atoms in total. The Bertz CT molecular complexity index is 502. The molecule has 1 aliphatic carbocycles. The van der Waals surface area contributed by atoms with Crippen molar-refractivity contribution in [2.24, 2.45) is 11.8 Å². The highest BCUT2D eigenvalue weighted by atomic mass is 35.5. The first-order chi connectivity index (χ1) is 10.6. The van der Waals surface area contributed by atoms with Gasteiger partial charge in [-0.25, -0.2) is 9.59 Å². The van der Waals surface area contributed by atoms with Crippen LogP contribution in [0.15, 0.2) is 23.5 Å².